The third-order valence-electron chi connectivity index (χ3n) is 7.51. The summed E-state index contributed by atoms with van der Waals surface area (Å²) in [6.07, 6.45) is 3.08. The number of hydrogen-bond acceptors (Lipinski definition) is 5. The van der Waals surface area contributed by atoms with Crippen LogP contribution in [0.25, 0.3) is 0 Å². The minimum Gasteiger partial charge on any atom is -0.333 e. The molecule has 2 aromatic carbocycles. The minimum absolute atomic E-state index is 0.0103. The van der Waals surface area contributed by atoms with Crippen LogP contribution >= 0.6 is 11.8 Å². The first kappa shape index (κ1) is 24.8. The van der Waals surface area contributed by atoms with E-state index < -0.39 is 23.5 Å². The first-order valence-corrected chi connectivity index (χ1v) is 13.0. The molecule has 0 aromatic heterocycles. The van der Waals surface area contributed by atoms with Gasteiger partial charge in [-0.1, -0.05) is 23.9 Å². The smallest absolute Gasteiger partial charge is 0.289 e. The SMILES string of the molecule is N[C@H](Cc1cc(F)c(F)cc1F)C1CC2CC[C@H](C1)N2C(=O)c1cccc(CN2C(=O)CSC2=O)c1. The quantitative estimate of drug-likeness (QED) is 0.580. The van der Waals surface area contributed by atoms with Crippen LogP contribution in [0.5, 0.6) is 0 Å². The maximum atomic E-state index is 14.1. The summed E-state index contributed by atoms with van der Waals surface area (Å²) in [5.74, 6) is -3.31. The Labute approximate surface area is 211 Å². The molecule has 0 aliphatic carbocycles. The molecule has 2 bridgehead atoms. The topological polar surface area (TPSA) is 83.7 Å². The number of halogens is 3. The van der Waals surface area contributed by atoms with E-state index >= 15 is 0 Å². The second kappa shape index (κ2) is 9.89. The summed E-state index contributed by atoms with van der Waals surface area (Å²) < 4.78 is 41.0. The van der Waals surface area contributed by atoms with Gasteiger partial charge in [0.15, 0.2) is 11.6 Å². The van der Waals surface area contributed by atoms with Gasteiger partial charge in [0.05, 0.1) is 12.3 Å². The van der Waals surface area contributed by atoms with Crippen LogP contribution in [0.4, 0.5) is 18.0 Å². The predicted molar refractivity (Wildman–Crippen MR) is 129 cm³/mol. The van der Waals surface area contributed by atoms with Crippen molar-refractivity contribution in [3.63, 3.8) is 0 Å². The highest BCUT2D eigenvalue weighted by atomic mass is 32.2. The van der Waals surface area contributed by atoms with Gasteiger partial charge in [-0.15, -0.1) is 0 Å². The number of fused-ring (bicyclic) bond motifs is 2. The number of benzene rings is 2. The van der Waals surface area contributed by atoms with Gasteiger partial charge in [-0.25, -0.2) is 13.2 Å². The number of carbonyl (C=O) groups is 3. The van der Waals surface area contributed by atoms with Crippen LogP contribution in [0.1, 0.15) is 47.2 Å². The van der Waals surface area contributed by atoms with Crippen molar-refractivity contribution in [2.24, 2.45) is 11.7 Å². The molecule has 4 atom stereocenters. The Morgan fingerprint density at radius 2 is 1.72 bits per heavy atom. The molecule has 0 saturated carbocycles. The van der Waals surface area contributed by atoms with Crippen molar-refractivity contribution < 1.29 is 27.6 Å². The van der Waals surface area contributed by atoms with E-state index in [9.17, 15) is 27.6 Å². The second-order valence-electron chi connectivity index (χ2n) is 9.79. The van der Waals surface area contributed by atoms with Crippen LogP contribution in [0.15, 0.2) is 36.4 Å². The number of nitrogens with zero attached hydrogens (tertiary/aromatic N) is 2. The lowest BCUT2D eigenvalue weighted by Crippen LogP contribution is -2.50. The molecule has 2 unspecified atom stereocenters. The van der Waals surface area contributed by atoms with E-state index in [-0.39, 0.29) is 59.3 Å². The van der Waals surface area contributed by atoms with Gasteiger partial charge in [0.2, 0.25) is 5.91 Å². The molecular weight excluding hydrogens is 491 g/mol. The van der Waals surface area contributed by atoms with Crippen LogP contribution < -0.4 is 5.73 Å². The van der Waals surface area contributed by atoms with Crippen molar-refractivity contribution in [3.8, 4) is 0 Å². The van der Waals surface area contributed by atoms with Gasteiger partial charge >= 0.3 is 0 Å². The molecule has 0 radical (unpaired) electrons. The average Bonchev–Trinajstić information content (AvgIpc) is 3.30. The Morgan fingerprint density at radius 3 is 2.39 bits per heavy atom. The Hall–Kier alpha value is -2.85. The standard InChI is InChI=1S/C26H26F3N3O3S/c27-20-11-22(29)21(28)9-16(20)10-23(30)17-7-18-4-5-19(8-17)32(18)25(34)15-3-1-2-14(6-15)12-31-24(33)13-36-26(31)35/h1-3,6,9,11,17-19,23H,4-5,7-8,10,12-13,30H2/t17?,18-,19?,23-/m1/s1. The number of hydrogen-bond donors (Lipinski definition) is 1. The second-order valence-corrected chi connectivity index (χ2v) is 10.7. The molecule has 10 heteroatoms. The van der Waals surface area contributed by atoms with E-state index in [1.54, 1.807) is 24.3 Å². The fourth-order valence-corrected chi connectivity index (χ4v) is 6.43. The molecule has 5 rings (SSSR count). The van der Waals surface area contributed by atoms with Gasteiger partial charge in [-0.05, 0) is 67.3 Å². The maximum absolute atomic E-state index is 14.1. The van der Waals surface area contributed by atoms with E-state index in [0.29, 0.717) is 30.0 Å². The lowest BCUT2D eigenvalue weighted by atomic mass is 9.82. The van der Waals surface area contributed by atoms with Crippen LogP contribution in [-0.4, -0.2) is 50.7 Å². The molecule has 3 fully saturated rings. The highest BCUT2D eigenvalue weighted by Crippen LogP contribution is 2.41. The van der Waals surface area contributed by atoms with Crippen molar-refractivity contribution in [1.29, 1.82) is 0 Å². The van der Waals surface area contributed by atoms with E-state index in [1.165, 1.54) is 4.90 Å². The number of imide groups is 1. The van der Waals surface area contributed by atoms with E-state index in [2.05, 4.69) is 0 Å². The van der Waals surface area contributed by atoms with Gasteiger partial charge in [-0.3, -0.25) is 19.3 Å². The number of piperidine rings is 1. The molecule has 2 aromatic rings. The third-order valence-corrected chi connectivity index (χ3v) is 8.37. The van der Waals surface area contributed by atoms with E-state index in [1.807, 2.05) is 4.90 Å². The highest BCUT2D eigenvalue weighted by molar-refractivity contribution is 8.14. The Bertz CT molecular complexity index is 1200. The fraction of sp³-hybridized carbons (Fsp3) is 0.423. The molecule has 3 heterocycles. The Balaban J connectivity index is 1.26. The fourth-order valence-electron chi connectivity index (χ4n) is 5.71. The Kier molecular flexibility index (Phi) is 6.82. The van der Waals surface area contributed by atoms with E-state index in [0.717, 1.165) is 30.7 Å². The molecule has 2 N–H and O–H groups in total. The summed E-state index contributed by atoms with van der Waals surface area (Å²) in [7, 11) is 0. The molecule has 3 aliphatic heterocycles. The summed E-state index contributed by atoms with van der Waals surface area (Å²) in [4.78, 5) is 40.4. The molecule has 36 heavy (non-hydrogen) atoms. The zero-order valence-electron chi connectivity index (χ0n) is 19.5. The maximum Gasteiger partial charge on any atom is 0.289 e. The number of amides is 3. The molecule has 3 aliphatic rings. The van der Waals surface area contributed by atoms with Crippen LogP contribution in [0.3, 0.4) is 0 Å². The predicted octanol–water partition coefficient (Wildman–Crippen LogP) is 4.25. The number of carbonyl (C=O) groups excluding carboxylic acids is 3. The Morgan fingerprint density at radius 1 is 1.03 bits per heavy atom. The highest BCUT2D eigenvalue weighted by Gasteiger charge is 2.44. The van der Waals surface area contributed by atoms with Crippen molar-refractivity contribution in [1.82, 2.24) is 9.80 Å². The summed E-state index contributed by atoms with van der Waals surface area (Å²) in [5.41, 5.74) is 7.66. The molecule has 190 valence electrons. The lowest BCUT2D eigenvalue weighted by molar-refractivity contribution is -0.125. The lowest BCUT2D eigenvalue weighted by Gasteiger charge is -2.41. The van der Waals surface area contributed by atoms with Crippen LogP contribution in [0, 0.1) is 23.4 Å². The zero-order valence-corrected chi connectivity index (χ0v) is 20.3. The molecule has 0 spiro atoms. The molecule has 3 saturated heterocycles. The summed E-state index contributed by atoms with van der Waals surface area (Å²) in [6, 6.07) is 7.96. The van der Waals surface area contributed by atoms with Crippen LogP contribution in [-0.2, 0) is 17.8 Å². The number of thioether (sulfide) groups is 1. The van der Waals surface area contributed by atoms with Gasteiger partial charge in [0.1, 0.15) is 5.82 Å². The summed E-state index contributed by atoms with van der Waals surface area (Å²) in [6.45, 7) is 0.135. The monoisotopic (exact) mass is 517 g/mol. The normalized spacial score (nSPS) is 24.5. The number of nitrogens with two attached hydrogens (primary N) is 1. The van der Waals surface area contributed by atoms with Crippen molar-refractivity contribution >= 4 is 28.8 Å². The number of rotatable bonds is 6. The van der Waals surface area contributed by atoms with Crippen LogP contribution in [0.2, 0.25) is 0 Å². The first-order chi connectivity index (χ1) is 17.2. The molecule has 3 amide bonds. The van der Waals surface area contributed by atoms with E-state index in [4.69, 9.17) is 5.73 Å². The third kappa shape index (κ3) is 4.76. The minimum atomic E-state index is -1.23. The molecule has 6 nitrogen and oxygen atoms in total. The van der Waals surface area contributed by atoms with Gasteiger partial charge in [0.25, 0.3) is 11.1 Å². The summed E-state index contributed by atoms with van der Waals surface area (Å²) in [5, 5.41) is -0.281. The van der Waals surface area contributed by atoms with Crippen molar-refractivity contribution in [2.75, 3.05) is 5.75 Å². The largest absolute Gasteiger partial charge is 0.333 e. The van der Waals surface area contributed by atoms with Gasteiger partial charge < -0.3 is 10.6 Å². The average molecular weight is 518 g/mol. The zero-order chi connectivity index (χ0) is 25.6. The van der Waals surface area contributed by atoms with Gasteiger partial charge in [-0.2, -0.15) is 0 Å². The van der Waals surface area contributed by atoms with Crippen molar-refractivity contribution in [2.45, 2.75) is 56.8 Å². The first-order valence-electron chi connectivity index (χ1n) is 12.0. The summed E-state index contributed by atoms with van der Waals surface area (Å²) >= 11 is 0.976. The van der Waals surface area contributed by atoms with Gasteiger partial charge in [0, 0.05) is 29.8 Å². The van der Waals surface area contributed by atoms with Crippen molar-refractivity contribution in [3.05, 3.63) is 70.5 Å². The molecular formula is C26H26F3N3O3S.